The lowest BCUT2D eigenvalue weighted by molar-refractivity contribution is 0.408. The Labute approximate surface area is 36.0 Å². The van der Waals surface area contributed by atoms with Crippen LogP contribution in [0.4, 0.5) is 0 Å². The zero-order valence-electron chi connectivity index (χ0n) is 3.49. The van der Waals surface area contributed by atoms with E-state index in [0.717, 1.165) is 6.21 Å². The van der Waals surface area contributed by atoms with Crippen LogP contribution in [0.15, 0.2) is 0 Å². The van der Waals surface area contributed by atoms with E-state index in [1.165, 1.54) is 7.11 Å². The fraction of sp³-hybridized carbons (Fsp3) is 0.333. The Morgan fingerprint density at radius 2 is 2.33 bits per heavy atom. The maximum absolute atomic E-state index is 6.52. The molecule has 6 heavy (non-hydrogen) atoms. The highest BCUT2D eigenvalue weighted by Gasteiger charge is 1.77. The molecule has 3 heteroatoms. The number of hydrogen-bond acceptors (Lipinski definition) is 3. The highest BCUT2D eigenvalue weighted by atomic mass is 16.5. The largest absolute Gasteiger partial charge is 0.480 e. The number of ether oxygens (including phenoxy) is 1. The van der Waals surface area contributed by atoms with Gasteiger partial charge in [0.15, 0.2) is 0 Å². The van der Waals surface area contributed by atoms with Crippen LogP contribution in [0.3, 0.4) is 0 Å². The van der Waals surface area contributed by atoms with E-state index in [2.05, 4.69) is 4.74 Å². The first kappa shape index (κ1) is 5.14. The third-order valence-corrected chi connectivity index (χ3v) is 0.351. The zero-order chi connectivity index (χ0) is 4.99. The average Bonchev–Trinajstić information content (AvgIpc) is 1.65. The van der Waals surface area contributed by atoms with Gasteiger partial charge >= 0.3 is 0 Å². The Bertz CT molecular complexity index is 69.2. The molecule has 0 radical (unpaired) electrons. The second kappa shape index (κ2) is 2.38. The van der Waals surface area contributed by atoms with Crippen LogP contribution >= 0.6 is 0 Å². The van der Waals surface area contributed by atoms with Gasteiger partial charge in [0.1, 0.15) is 0 Å². The highest BCUT2D eigenvalue weighted by molar-refractivity contribution is 6.23. The number of rotatable bonds is 1. The molecule has 0 saturated carbocycles. The number of hydrogen-bond donors (Lipinski definition) is 2. The molecule has 0 aliphatic heterocycles. The van der Waals surface area contributed by atoms with E-state index in [9.17, 15) is 0 Å². The summed E-state index contributed by atoms with van der Waals surface area (Å²) >= 11 is 0. The van der Waals surface area contributed by atoms with Crippen molar-refractivity contribution in [1.29, 1.82) is 10.8 Å². The lowest BCUT2D eigenvalue weighted by Gasteiger charge is -1.86. The van der Waals surface area contributed by atoms with Crippen molar-refractivity contribution < 1.29 is 4.74 Å². The second-order valence-corrected chi connectivity index (χ2v) is 0.713. The van der Waals surface area contributed by atoms with Gasteiger partial charge in [0.25, 0.3) is 0 Å². The second-order valence-electron chi connectivity index (χ2n) is 0.713. The van der Waals surface area contributed by atoms with Gasteiger partial charge in [0.2, 0.25) is 5.90 Å². The summed E-state index contributed by atoms with van der Waals surface area (Å²) in [6, 6.07) is 0. The van der Waals surface area contributed by atoms with Crippen molar-refractivity contribution in [2.45, 2.75) is 0 Å². The molecule has 0 rings (SSSR count). The maximum Gasteiger partial charge on any atom is 0.223 e. The van der Waals surface area contributed by atoms with Crippen molar-refractivity contribution in [2.75, 3.05) is 7.11 Å². The van der Waals surface area contributed by atoms with Gasteiger partial charge in [-0.25, -0.2) is 0 Å². The van der Waals surface area contributed by atoms with Gasteiger partial charge in [-0.1, -0.05) is 0 Å². The fourth-order valence-corrected chi connectivity index (χ4v) is 0.0589. The SMILES string of the molecule is COC(=N)C=N. The van der Waals surface area contributed by atoms with E-state index < -0.39 is 0 Å². The predicted molar refractivity (Wildman–Crippen MR) is 23.5 cm³/mol. The molecule has 0 saturated heterocycles. The minimum absolute atomic E-state index is 0.116. The average molecular weight is 86.1 g/mol. The molecule has 0 unspecified atom stereocenters. The maximum atomic E-state index is 6.52. The van der Waals surface area contributed by atoms with Crippen LogP contribution in [0, 0.1) is 10.8 Å². The summed E-state index contributed by atoms with van der Waals surface area (Å²) in [6.07, 6.45) is 0.833. The summed E-state index contributed by atoms with van der Waals surface area (Å²) in [5, 5.41) is 12.9. The lowest BCUT2D eigenvalue weighted by Crippen LogP contribution is -1.97. The molecule has 0 heterocycles. The molecule has 34 valence electrons. The molecule has 0 amide bonds. The summed E-state index contributed by atoms with van der Waals surface area (Å²) in [7, 11) is 1.35. The first-order chi connectivity index (χ1) is 2.81. The monoisotopic (exact) mass is 86.0 g/mol. The smallest absolute Gasteiger partial charge is 0.223 e. The van der Waals surface area contributed by atoms with Crippen LogP contribution in [-0.4, -0.2) is 19.2 Å². The number of methoxy groups -OCH3 is 1. The summed E-state index contributed by atoms with van der Waals surface area (Å²) < 4.78 is 4.24. The molecular weight excluding hydrogens is 80.0 g/mol. The topological polar surface area (TPSA) is 56.9 Å². The molecule has 0 aliphatic carbocycles. The van der Waals surface area contributed by atoms with E-state index >= 15 is 0 Å². The van der Waals surface area contributed by atoms with Gasteiger partial charge in [0, 0.05) is 0 Å². The predicted octanol–water partition coefficient (Wildman–Crippen LogP) is 0.260. The minimum Gasteiger partial charge on any atom is -0.480 e. The molecule has 2 N–H and O–H groups in total. The van der Waals surface area contributed by atoms with Gasteiger partial charge < -0.3 is 10.1 Å². The Kier molecular flexibility index (Phi) is 2.04. The van der Waals surface area contributed by atoms with Crippen molar-refractivity contribution in [2.24, 2.45) is 0 Å². The van der Waals surface area contributed by atoms with Crippen LogP contribution in [0.25, 0.3) is 0 Å². The summed E-state index contributed by atoms with van der Waals surface area (Å²) in [6.45, 7) is 0. The molecule has 0 atom stereocenters. The van der Waals surface area contributed by atoms with Crippen molar-refractivity contribution in [3.05, 3.63) is 0 Å². The van der Waals surface area contributed by atoms with Gasteiger partial charge in [-0.2, -0.15) is 0 Å². The first-order valence-electron chi connectivity index (χ1n) is 1.44. The van der Waals surface area contributed by atoms with Crippen LogP contribution in [-0.2, 0) is 4.74 Å². The fourth-order valence-electron chi connectivity index (χ4n) is 0.0589. The van der Waals surface area contributed by atoms with Crippen molar-refractivity contribution in [3.63, 3.8) is 0 Å². The third-order valence-electron chi connectivity index (χ3n) is 0.351. The molecule has 0 bridgehead atoms. The molecule has 0 aliphatic rings. The quantitative estimate of drug-likeness (QED) is 0.349. The van der Waals surface area contributed by atoms with E-state index in [4.69, 9.17) is 10.8 Å². The van der Waals surface area contributed by atoms with Crippen molar-refractivity contribution in [3.8, 4) is 0 Å². The summed E-state index contributed by atoms with van der Waals surface area (Å²) in [4.78, 5) is 0. The van der Waals surface area contributed by atoms with E-state index in [-0.39, 0.29) is 5.90 Å². The third kappa shape index (κ3) is 1.46. The molecule has 0 aromatic carbocycles. The van der Waals surface area contributed by atoms with Crippen LogP contribution < -0.4 is 0 Å². The van der Waals surface area contributed by atoms with Gasteiger partial charge in [0.05, 0.1) is 13.3 Å². The van der Waals surface area contributed by atoms with Gasteiger partial charge in [-0.3, -0.25) is 5.41 Å². The zero-order valence-corrected chi connectivity index (χ0v) is 3.49. The van der Waals surface area contributed by atoms with E-state index in [1.54, 1.807) is 0 Å². The Balaban J connectivity index is 3.23. The Morgan fingerprint density at radius 1 is 1.83 bits per heavy atom. The molecule has 3 nitrogen and oxygen atoms in total. The molecule has 0 aromatic heterocycles. The normalized spacial score (nSPS) is 6.83. The lowest BCUT2D eigenvalue weighted by atomic mass is 10.7. The van der Waals surface area contributed by atoms with Crippen molar-refractivity contribution in [1.82, 2.24) is 0 Å². The summed E-state index contributed by atoms with van der Waals surface area (Å²) in [5.74, 6) is -0.116. The Morgan fingerprint density at radius 3 is 2.33 bits per heavy atom. The molecule has 0 spiro atoms. The minimum atomic E-state index is -0.116. The van der Waals surface area contributed by atoms with Gasteiger partial charge in [-0.05, 0) is 0 Å². The number of nitrogens with one attached hydrogen (secondary N) is 2. The Hall–Kier alpha value is -0.860. The van der Waals surface area contributed by atoms with Crippen LogP contribution in [0.1, 0.15) is 0 Å². The van der Waals surface area contributed by atoms with Crippen molar-refractivity contribution >= 4 is 12.1 Å². The summed E-state index contributed by atoms with van der Waals surface area (Å²) in [5.41, 5.74) is 0. The van der Waals surface area contributed by atoms with Gasteiger partial charge in [-0.15, -0.1) is 0 Å². The van der Waals surface area contributed by atoms with E-state index in [1.807, 2.05) is 0 Å². The highest BCUT2D eigenvalue weighted by Crippen LogP contribution is 1.60. The van der Waals surface area contributed by atoms with E-state index in [0.29, 0.717) is 0 Å². The van der Waals surface area contributed by atoms with Crippen LogP contribution in [0.5, 0.6) is 0 Å². The van der Waals surface area contributed by atoms with Crippen LogP contribution in [0.2, 0.25) is 0 Å². The molecule has 0 aromatic rings. The first-order valence-corrected chi connectivity index (χ1v) is 1.44. The standard InChI is InChI=1S/C3H6N2O/c1-6-3(5)2-4/h2,4-5H,1H3. The molecule has 0 fully saturated rings. The molecular formula is C3H6N2O.